The number of rotatable bonds is 5. The standard InChI is InChI=1S/C12H14BrNO/c1-3-8-14-9-10(2)15-12-7-5-4-6-11(12)13/h1,4-7,10,14H,8-9H2,2H3. The van der Waals surface area contributed by atoms with Crippen LogP contribution < -0.4 is 10.1 Å². The van der Waals surface area contributed by atoms with Gasteiger partial charge in [-0.05, 0) is 35.0 Å². The average molecular weight is 268 g/mol. The SMILES string of the molecule is C#CCNCC(C)Oc1ccccc1Br. The van der Waals surface area contributed by atoms with Crippen molar-refractivity contribution in [2.45, 2.75) is 13.0 Å². The van der Waals surface area contributed by atoms with Gasteiger partial charge in [0.25, 0.3) is 0 Å². The quantitative estimate of drug-likeness (QED) is 0.654. The van der Waals surface area contributed by atoms with Crippen molar-refractivity contribution in [3.05, 3.63) is 28.7 Å². The minimum atomic E-state index is 0.0945. The Bertz CT molecular complexity index is 346. The third-order valence-electron chi connectivity index (χ3n) is 1.82. The lowest BCUT2D eigenvalue weighted by Crippen LogP contribution is -2.29. The molecule has 0 aliphatic heterocycles. The smallest absolute Gasteiger partial charge is 0.133 e. The molecule has 0 radical (unpaired) electrons. The van der Waals surface area contributed by atoms with E-state index >= 15 is 0 Å². The highest BCUT2D eigenvalue weighted by molar-refractivity contribution is 9.10. The van der Waals surface area contributed by atoms with Crippen LogP contribution in [-0.2, 0) is 0 Å². The summed E-state index contributed by atoms with van der Waals surface area (Å²) in [5.74, 6) is 3.38. The molecule has 0 fully saturated rings. The maximum absolute atomic E-state index is 5.71. The maximum Gasteiger partial charge on any atom is 0.133 e. The molecule has 1 rings (SSSR count). The van der Waals surface area contributed by atoms with E-state index in [9.17, 15) is 0 Å². The number of hydrogen-bond acceptors (Lipinski definition) is 2. The topological polar surface area (TPSA) is 21.3 Å². The molecule has 1 aromatic carbocycles. The van der Waals surface area contributed by atoms with Gasteiger partial charge in [-0.3, -0.25) is 0 Å². The van der Waals surface area contributed by atoms with Gasteiger partial charge < -0.3 is 10.1 Å². The zero-order chi connectivity index (χ0) is 11.1. The van der Waals surface area contributed by atoms with E-state index in [0.717, 1.165) is 16.8 Å². The predicted molar refractivity (Wildman–Crippen MR) is 65.9 cm³/mol. The molecule has 1 N–H and O–H groups in total. The molecule has 2 nitrogen and oxygen atoms in total. The van der Waals surface area contributed by atoms with E-state index < -0.39 is 0 Å². The average Bonchev–Trinajstić information content (AvgIpc) is 2.22. The summed E-state index contributed by atoms with van der Waals surface area (Å²) in [4.78, 5) is 0. The van der Waals surface area contributed by atoms with Crippen molar-refractivity contribution >= 4 is 15.9 Å². The first kappa shape index (κ1) is 12.1. The fourth-order valence-corrected chi connectivity index (χ4v) is 1.52. The Kier molecular flexibility index (Phi) is 5.23. The van der Waals surface area contributed by atoms with E-state index in [1.165, 1.54) is 0 Å². The Balaban J connectivity index is 2.41. The first-order valence-electron chi connectivity index (χ1n) is 4.79. The van der Waals surface area contributed by atoms with Gasteiger partial charge >= 0.3 is 0 Å². The van der Waals surface area contributed by atoms with Crippen LogP contribution in [0.3, 0.4) is 0 Å². The second-order valence-electron chi connectivity index (χ2n) is 3.19. The van der Waals surface area contributed by atoms with E-state index in [2.05, 4.69) is 27.2 Å². The number of para-hydroxylation sites is 1. The second kappa shape index (κ2) is 6.49. The van der Waals surface area contributed by atoms with Gasteiger partial charge in [-0.2, -0.15) is 0 Å². The molecule has 15 heavy (non-hydrogen) atoms. The fraction of sp³-hybridized carbons (Fsp3) is 0.333. The lowest BCUT2D eigenvalue weighted by atomic mass is 10.3. The number of hydrogen-bond donors (Lipinski definition) is 1. The first-order valence-corrected chi connectivity index (χ1v) is 5.58. The Morgan fingerprint density at radius 3 is 2.93 bits per heavy atom. The zero-order valence-electron chi connectivity index (χ0n) is 8.66. The lowest BCUT2D eigenvalue weighted by Gasteiger charge is -2.15. The van der Waals surface area contributed by atoms with Crippen molar-refractivity contribution in [1.29, 1.82) is 0 Å². The molecular weight excluding hydrogens is 254 g/mol. The van der Waals surface area contributed by atoms with Crippen molar-refractivity contribution < 1.29 is 4.74 Å². The monoisotopic (exact) mass is 267 g/mol. The van der Waals surface area contributed by atoms with E-state index in [4.69, 9.17) is 11.2 Å². The van der Waals surface area contributed by atoms with Crippen molar-refractivity contribution in [1.82, 2.24) is 5.32 Å². The van der Waals surface area contributed by atoms with Crippen LogP contribution in [0.1, 0.15) is 6.92 Å². The Labute approximate surface area is 99.2 Å². The Morgan fingerprint density at radius 2 is 2.27 bits per heavy atom. The minimum Gasteiger partial charge on any atom is -0.488 e. The molecule has 0 saturated heterocycles. The molecule has 0 aromatic heterocycles. The van der Waals surface area contributed by atoms with Crippen LogP contribution in [0.5, 0.6) is 5.75 Å². The molecule has 1 atom stereocenters. The highest BCUT2D eigenvalue weighted by atomic mass is 79.9. The van der Waals surface area contributed by atoms with Crippen LogP contribution in [0.2, 0.25) is 0 Å². The van der Waals surface area contributed by atoms with Gasteiger partial charge in [0, 0.05) is 6.54 Å². The maximum atomic E-state index is 5.71. The van der Waals surface area contributed by atoms with Gasteiger partial charge in [-0.1, -0.05) is 18.1 Å². The number of terminal acetylenes is 1. The summed E-state index contributed by atoms with van der Waals surface area (Å²) >= 11 is 3.43. The first-order chi connectivity index (χ1) is 7.24. The highest BCUT2D eigenvalue weighted by Crippen LogP contribution is 2.24. The summed E-state index contributed by atoms with van der Waals surface area (Å²) in [6, 6.07) is 7.79. The van der Waals surface area contributed by atoms with Crippen molar-refractivity contribution in [3.63, 3.8) is 0 Å². The molecule has 0 aliphatic rings. The van der Waals surface area contributed by atoms with Gasteiger partial charge in [0.2, 0.25) is 0 Å². The molecule has 0 heterocycles. The largest absolute Gasteiger partial charge is 0.488 e. The van der Waals surface area contributed by atoms with Gasteiger partial charge in [0.05, 0.1) is 11.0 Å². The van der Waals surface area contributed by atoms with Crippen LogP contribution >= 0.6 is 15.9 Å². The van der Waals surface area contributed by atoms with Crippen molar-refractivity contribution in [2.75, 3.05) is 13.1 Å². The van der Waals surface area contributed by atoms with E-state index in [1.54, 1.807) is 0 Å². The summed E-state index contributed by atoms with van der Waals surface area (Å²) in [6.45, 7) is 3.32. The number of ether oxygens (including phenoxy) is 1. The van der Waals surface area contributed by atoms with Crippen molar-refractivity contribution in [2.24, 2.45) is 0 Å². The molecule has 1 unspecified atom stereocenters. The molecule has 0 saturated carbocycles. The van der Waals surface area contributed by atoms with Gasteiger partial charge in [-0.25, -0.2) is 0 Å². The highest BCUT2D eigenvalue weighted by Gasteiger charge is 2.05. The van der Waals surface area contributed by atoms with Gasteiger partial charge in [0.1, 0.15) is 11.9 Å². The Hall–Kier alpha value is -0.980. The van der Waals surface area contributed by atoms with E-state index in [-0.39, 0.29) is 6.10 Å². The summed E-state index contributed by atoms with van der Waals surface area (Å²) in [5.41, 5.74) is 0. The van der Waals surface area contributed by atoms with Crippen molar-refractivity contribution in [3.8, 4) is 18.1 Å². The van der Waals surface area contributed by atoms with Crippen LogP contribution in [0.4, 0.5) is 0 Å². The summed E-state index contributed by atoms with van der Waals surface area (Å²) in [6.07, 6.45) is 5.23. The molecular formula is C12H14BrNO. The van der Waals surface area contributed by atoms with Gasteiger partial charge in [0.15, 0.2) is 0 Å². The molecule has 80 valence electrons. The molecule has 0 spiro atoms. The third kappa shape index (κ3) is 4.37. The fourth-order valence-electron chi connectivity index (χ4n) is 1.15. The number of benzene rings is 1. The van der Waals surface area contributed by atoms with Gasteiger partial charge in [-0.15, -0.1) is 6.42 Å². The third-order valence-corrected chi connectivity index (χ3v) is 2.48. The molecule has 0 bridgehead atoms. The molecule has 0 aliphatic carbocycles. The van der Waals surface area contributed by atoms with Crippen LogP contribution in [0.15, 0.2) is 28.7 Å². The predicted octanol–water partition coefficient (Wildman–Crippen LogP) is 2.44. The zero-order valence-corrected chi connectivity index (χ0v) is 10.3. The van der Waals surface area contributed by atoms with Crippen LogP contribution in [0.25, 0.3) is 0 Å². The summed E-state index contributed by atoms with van der Waals surface area (Å²) < 4.78 is 6.68. The summed E-state index contributed by atoms with van der Waals surface area (Å²) in [7, 11) is 0. The molecule has 0 amide bonds. The lowest BCUT2D eigenvalue weighted by molar-refractivity contribution is 0.218. The normalized spacial score (nSPS) is 11.8. The molecule has 3 heteroatoms. The second-order valence-corrected chi connectivity index (χ2v) is 4.05. The Morgan fingerprint density at radius 1 is 1.53 bits per heavy atom. The van der Waals surface area contributed by atoms with Crippen LogP contribution in [0, 0.1) is 12.3 Å². The number of nitrogens with one attached hydrogen (secondary N) is 1. The van der Waals surface area contributed by atoms with Crippen LogP contribution in [-0.4, -0.2) is 19.2 Å². The summed E-state index contributed by atoms with van der Waals surface area (Å²) in [5, 5.41) is 3.10. The van der Waals surface area contributed by atoms with E-state index in [1.807, 2.05) is 31.2 Å². The van der Waals surface area contributed by atoms with E-state index in [0.29, 0.717) is 6.54 Å². The minimum absolute atomic E-state index is 0.0945. The number of halogens is 1. The molecule has 1 aromatic rings.